The zero-order valence-corrected chi connectivity index (χ0v) is 8.95. The highest BCUT2D eigenvalue weighted by Gasteiger charge is 2.29. The van der Waals surface area contributed by atoms with Gasteiger partial charge in [0.15, 0.2) is 0 Å². The number of nitrogens with two attached hydrogens (primary N) is 1. The maximum atomic E-state index is 6.14. The predicted molar refractivity (Wildman–Crippen MR) is 58.3 cm³/mol. The first-order valence-corrected chi connectivity index (χ1v) is 4.48. The molecule has 0 radical (unpaired) electrons. The monoisotopic (exact) mass is 197 g/mol. The normalized spacial score (nSPS) is 25.2. The van der Waals surface area contributed by atoms with Gasteiger partial charge in [-0.15, -0.1) is 12.4 Å². The van der Waals surface area contributed by atoms with Crippen LogP contribution in [0.2, 0.25) is 0 Å². The Labute approximate surface area is 85.7 Å². The molecule has 0 bridgehead atoms. The molecule has 0 aliphatic heterocycles. The van der Waals surface area contributed by atoms with Gasteiger partial charge in [0.1, 0.15) is 0 Å². The number of benzene rings is 1. The van der Waals surface area contributed by atoms with Crippen molar-refractivity contribution in [2.75, 3.05) is 0 Å². The van der Waals surface area contributed by atoms with E-state index in [1.807, 2.05) is 0 Å². The standard InChI is InChI=1S/C11H15N.ClH/c1-8-3-4-10-9(7-8)5-6-11(10,2)12;/h3-4,7H,5-6,12H2,1-2H3;1H. The smallest absolute Gasteiger partial charge is 0.0386 e. The summed E-state index contributed by atoms with van der Waals surface area (Å²) in [5.41, 5.74) is 10.2. The van der Waals surface area contributed by atoms with E-state index in [0.29, 0.717) is 0 Å². The summed E-state index contributed by atoms with van der Waals surface area (Å²) < 4.78 is 0. The van der Waals surface area contributed by atoms with Crippen LogP contribution in [0.15, 0.2) is 18.2 Å². The lowest BCUT2D eigenvalue weighted by Crippen LogP contribution is -2.29. The van der Waals surface area contributed by atoms with E-state index in [4.69, 9.17) is 5.73 Å². The van der Waals surface area contributed by atoms with Gasteiger partial charge in [-0.1, -0.05) is 23.8 Å². The minimum atomic E-state index is -0.0803. The van der Waals surface area contributed by atoms with Gasteiger partial charge in [-0.3, -0.25) is 0 Å². The summed E-state index contributed by atoms with van der Waals surface area (Å²) in [6, 6.07) is 6.58. The molecule has 0 fully saturated rings. The summed E-state index contributed by atoms with van der Waals surface area (Å²) in [6.07, 6.45) is 2.23. The van der Waals surface area contributed by atoms with Gasteiger partial charge in [0.2, 0.25) is 0 Å². The maximum absolute atomic E-state index is 6.14. The Kier molecular flexibility index (Phi) is 2.69. The highest BCUT2D eigenvalue weighted by atomic mass is 35.5. The highest BCUT2D eigenvalue weighted by Crippen LogP contribution is 2.34. The van der Waals surface area contributed by atoms with Crippen LogP contribution in [-0.4, -0.2) is 0 Å². The molecule has 1 aromatic rings. The van der Waals surface area contributed by atoms with Crippen molar-refractivity contribution in [1.82, 2.24) is 0 Å². The lowest BCUT2D eigenvalue weighted by molar-refractivity contribution is 0.492. The quantitative estimate of drug-likeness (QED) is 0.680. The van der Waals surface area contributed by atoms with Gasteiger partial charge < -0.3 is 5.73 Å². The van der Waals surface area contributed by atoms with Gasteiger partial charge >= 0.3 is 0 Å². The van der Waals surface area contributed by atoms with Gasteiger partial charge in [-0.25, -0.2) is 0 Å². The molecule has 2 heteroatoms. The molecule has 2 rings (SSSR count). The minimum absolute atomic E-state index is 0. The second kappa shape index (κ2) is 3.32. The molecular formula is C11H16ClN. The largest absolute Gasteiger partial charge is 0.322 e. The molecule has 0 aromatic heterocycles. The van der Waals surface area contributed by atoms with Crippen LogP contribution >= 0.6 is 12.4 Å². The van der Waals surface area contributed by atoms with Crippen molar-refractivity contribution in [2.45, 2.75) is 32.2 Å². The van der Waals surface area contributed by atoms with Crippen LogP contribution in [0.4, 0.5) is 0 Å². The van der Waals surface area contributed by atoms with E-state index in [-0.39, 0.29) is 17.9 Å². The first-order chi connectivity index (χ1) is 5.59. The number of fused-ring (bicyclic) bond motifs is 1. The average molecular weight is 198 g/mol. The third-order valence-electron chi connectivity index (χ3n) is 2.79. The number of hydrogen-bond acceptors (Lipinski definition) is 1. The molecule has 1 atom stereocenters. The Morgan fingerprint density at radius 2 is 2.08 bits per heavy atom. The van der Waals surface area contributed by atoms with Crippen molar-refractivity contribution in [3.63, 3.8) is 0 Å². The van der Waals surface area contributed by atoms with Crippen molar-refractivity contribution >= 4 is 12.4 Å². The number of hydrogen-bond donors (Lipinski definition) is 1. The molecule has 1 nitrogen and oxygen atoms in total. The van der Waals surface area contributed by atoms with Gasteiger partial charge in [0.05, 0.1) is 0 Å². The molecule has 1 aliphatic rings. The van der Waals surface area contributed by atoms with Gasteiger partial charge in [-0.05, 0) is 37.8 Å². The first kappa shape index (κ1) is 10.6. The summed E-state index contributed by atoms with van der Waals surface area (Å²) in [4.78, 5) is 0. The zero-order valence-electron chi connectivity index (χ0n) is 8.13. The molecule has 0 saturated carbocycles. The molecule has 0 amide bonds. The fourth-order valence-corrected chi connectivity index (χ4v) is 2.02. The van der Waals surface area contributed by atoms with Crippen molar-refractivity contribution in [3.8, 4) is 0 Å². The molecule has 0 heterocycles. The van der Waals surface area contributed by atoms with Crippen LogP contribution in [0.3, 0.4) is 0 Å². The van der Waals surface area contributed by atoms with E-state index < -0.39 is 0 Å². The Morgan fingerprint density at radius 3 is 2.77 bits per heavy atom. The third-order valence-corrected chi connectivity index (χ3v) is 2.79. The third kappa shape index (κ3) is 1.72. The van der Waals surface area contributed by atoms with E-state index in [9.17, 15) is 0 Å². The van der Waals surface area contributed by atoms with Crippen LogP contribution in [0.5, 0.6) is 0 Å². The second-order valence-corrected chi connectivity index (χ2v) is 4.08. The Hall–Kier alpha value is -0.530. The summed E-state index contributed by atoms with van der Waals surface area (Å²) in [5, 5.41) is 0. The lowest BCUT2D eigenvalue weighted by atomic mass is 9.95. The molecule has 1 unspecified atom stereocenters. The summed E-state index contributed by atoms with van der Waals surface area (Å²) in [5.74, 6) is 0. The Bertz CT molecular complexity index is 318. The summed E-state index contributed by atoms with van der Waals surface area (Å²) in [6.45, 7) is 4.25. The highest BCUT2D eigenvalue weighted by molar-refractivity contribution is 5.85. The van der Waals surface area contributed by atoms with Crippen LogP contribution in [0.25, 0.3) is 0 Å². The minimum Gasteiger partial charge on any atom is -0.322 e. The molecule has 1 aliphatic carbocycles. The lowest BCUT2D eigenvalue weighted by Gasteiger charge is -2.18. The zero-order chi connectivity index (χ0) is 8.77. The van der Waals surface area contributed by atoms with E-state index >= 15 is 0 Å². The van der Waals surface area contributed by atoms with Crippen LogP contribution in [0.1, 0.15) is 30.0 Å². The van der Waals surface area contributed by atoms with Crippen LogP contribution < -0.4 is 5.73 Å². The molecular weight excluding hydrogens is 182 g/mol. The van der Waals surface area contributed by atoms with E-state index in [1.165, 1.54) is 16.7 Å². The van der Waals surface area contributed by atoms with E-state index in [0.717, 1.165) is 12.8 Å². The van der Waals surface area contributed by atoms with Crippen molar-refractivity contribution in [1.29, 1.82) is 0 Å². The van der Waals surface area contributed by atoms with Crippen molar-refractivity contribution in [2.24, 2.45) is 5.73 Å². The van der Waals surface area contributed by atoms with Crippen molar-refractivity contribution in [3.05, 3.63) is 34.9 Å². The Morgan fingerprint density at radius 1 is 1.38 bits per heavy atom. The van der Waals surface area contributed by atoms with E-state index in [1.54, 1.807) is 0 Å². The van der Waals surface area contributed by atoms with Gasteiger partial charge in [0, 0.05) is 5.54 Å². The molecule has 72 valence electrons. The Balaban J connectivity index is 0.000000845. The maximum Gasteiger partial charge on any atom is 0.0386 e. The van der Waals surface area contributed by atoms with E-state index in [2.05, 4.69) is 32.0 Å². The van der Waals surface area contributed by atoms with Crippen LogP contribution in [-0.2, 0) is 12.0 Å². The van der Waals surface area contributed by atoms with Gasteiger partial charge in [-0.2, -0.15) is 0 Å². The summed E-state index contributed by atoms with van der Waals surface area (Å²) >= 11 is 0. The number of rotatable bonds is 0. The molecule has 0 spiro atoms. The van der Waals surface area contributed by atoms with Gasteiger partial charge in [0.25, 0.3) is 0 Å². The van der Waals surface area contributed by atoms with Crippen molar-refractivity contribution < 1.29 is 0 Å². The number of aryl methyl sites for hydroxylation is 2. The molecule has 0 saturated heterocycles. The fourth-order valence-electron chi connectivity index (χ4n) is 2.02. The predicted octanol–water partition coefficient (Wildman–Crippen LogP) is 2.54. The topological polar surface area (TPSA) is 26.0 Å². The molecule has 1 aromatic carbocycles. The van der Waals surface area contributed by atoms with Crippen LogP contribution in [0, 0.1) is 6.92 Å². The number of halogens is 1. The molecule has 2 N–H and O–H groups in total. The average Bonchev–Trinajstić information content (AvgIpc) is 2.27. The SMILES string of the molecule is Cc1ccc2c(c1)CCC2(C)N.Cl. The first-order valence-electron chi connectivity index (χ1n) is 4.48. The summed E-state index contributed by atoms with van der Waals surface area (Å²) in [7, 11) is 0. The second-order valence-electron chi connectivity index (χ2n) is 4.08. The molecule has 13 heavy (non-hydrogen) atoms. The fraction of sp³-hybridized carbons (Fsp3) is 0.455.